The average Bonchev–Trinajstić information content (AvgIpc) is 2.27. The molecule has 1 aromatic heterocycles. The number of nitrogens with zero attached hydrogens (tertiary/aromatic N) is 2. The van der Waals surface area contributed by atoms with E-state index in [1.807, 2.05) is 7.05 Å². The summed E-state index contributed by atoms with van der Waals surface area (Å²) in [5, 5.41) is 15.4. The highest BCUT2D eigenvalue weighted by atomic mass is 16.3. The van der Waals surface area contributed by atoms with Crippen LogP contribution >= 0.6 is 0 Å². The molecule has 0 radical (unpaired) electrons. The van der Waals surface area contributed by atoms with E-state index in [1.165, 1.54) is 6.33 Å². The number of rotatable bonds is 6. The first-order valence-electron chi connectivity index (χ1n) is 5.62. The van der Waals surface area contributed by atoms with Crippen molar-refractivity contribution in [3.05, 3.63) is 11.9 Å². The number of aromatic nitrogens is 2. The number of hydrogen-bond donors (Lipinski definition) is 3. The van der Waals surface area contributed by atoms with E-state index in [0.717, 1.165) is 30.0 Å². The molecule has 0 aromatic carbocycles. The Bertz CT molecular complexity index is 328. The summed E-state index contributed by atoms with van der Waals surface area (Å²) in [5.74, 6) is 1.66. The first kappa shape index (κ1) is 12.7. The van der Waals surface area contributed by atoms with Crippen LogP contribution in [-0.2, 0) is 6.42 Å². The molecule has 3 N–H and O–H groups in total. The minimum Gasteiger partial charge on any atom is -0.392 e. The number of aliphatic hydroxyl groups excluding tert-OH is 1. The molecule has 0 spiro atoms. The van der Waals surface area contributed by atoms with Crippen molar-refractivity contribution in [2.45, 2.75) is 32.8 Å². The topological polar surface area (TPSA) is 70.1 Å². The zero-order valence-electron chi connectivity index (χ0n) is 10.1. The van der Waals surface area contributed by atoms with E-state index in [9.17, 15) is 5.11 Å². The Hall–Kier alpha value is -1.36. The quantitative estimate of drug-likeness (QED) is 0.678. The van der Waals surface area contributed by atoms with E-state index in [2.05, 4.69) is 27.5 Å². The molecule has 1 atom stereocenters. The van der Waals surface area contributed by atoms with Crippen LogP contribution < -0.4 is 10.6 Å². The lowest BCUT2D eigenvalue weighted by molar-refractivity contribution is 0.208. The minimum atomic E-state index is -0.387. The zero-order valence-corrected chi connectivity index (χ0v) is 10.1. The molecule has 1 aromatic rings. The number of hydrogen-bond acceptors (Lipinski definition) is 5. The van der Waals surface area contributed by atoms with Gasteiger partial charge in [0, 0.05) is 19.2 Å². The Kier molecular flexibility index (Phi) is 4.98. The Labute approximate surface area is 96.3 Å². The molecular formula is C11H20N4O. The van der Waals surface area contributed by atoms with E-state index in [-0.39, 0.29) is 6.10 Å². The molecule has 1 heterocycles. The molecule has 0 amide bonds. The van der Waals surface area contributed by atoms with Crippen molar-refractivity contribution in [1.82, 2.24) is 9.97 Å². The van der Waals surface area contributed by atoms with Crippen molar-refractivity contribution in [2.75, 3.05) is 24.2 Å². The zero-order chi connectivity index (χ0) is 12.0. The molecule has 0 aliphatic rings. The molecule has 1 rings (SSSR count). The maximum atomic E-state index is 9.24. The SMILES string of the molecule is CCCc1c(NC)ncnc1NCC(C)O. The standard InChI is InChI=1S/C11H20N4O/c1-4-5-9-10(12-3)14-7-15-11(9)13-6-8(2)16/h7-8,16H,4-6H2,1-3H3,(H2,12,13,14,15). The largest absolute Gasteiger partial charge is 0.392 e. The first-order valence-corrected chi connectivity index (χ1v) is 5.62. The molecule has 0 aliphatic carbocycles. The van der Waals surface area contributed by atoms with Crippen LogP contribution in [0.15, 0.2) is 6.33 Å². The lowest BCUT2D eigenvalue weighted by Crippen LogP contribution is -2.18. The van der Waals surface area contributed by atoms with Crippen LogP contribution in [0.25, 0.3) is 0 Å². The molecule has 0 aliphatic heterocycles. The molecule has 16 heavy (non-hydrogen) atoms. The van der Waals surface area contributed by atoms with Crippen molar-refractivity contribution in [3.8, 4) is 0 Å². The lowest BCUT2D eigenvalue weighted by atomic mass is 10.1. The van der Waals surface area contributed by atoms with Gasteiger partial charge in [-0.2, -0.15) is 0 Å². The first-order chi connectivity index (χ1) is 7.69. The van der Waals surface area contributed by atoms with Gasteiger partial charge in [-0.15, -0.1) is 0 Å². The van der Waals surface area contributed by atoms with Gasteiger partial charge < -0.3 is 15.7 Å². The molecule has 0 saturated carbocycles. The van der Waals surface area contributed by atoms with Crippen LogP contribution in [0.1, 0.15) is 25.8 Å². The predicted molar refractivity (Wildman–Crippen MR) is 65.7 cm³/mol. The Balaban J connectivity index is 2.88. The summed E-state index contributed by atoms with van der Waals surface area (Å²) in [6, 6.07) is 0. The predicted octanol–water partition coefficient (Wildman–Crippen LogP) is 1.26. The van der Waals surface area contributed by atoms with Gasteiger partial charge in [0.25, 0.3) is 0 Å². The van der Waals surface area contributed by atoms with Crippen molar-refractivity contribution in [3.63, 3.8) is 0 Å². The van der Waals surface area contributed by atoms with Crippen molar-refractivity contribution >= 4 is 11.6 Å². The van der Waals surface area contributed by atoms with Gasteiger partial charge in [-0.05, 0) is 13.3 Å². The molecule has 90 valence electrons. The molecule has 5 heteroatoms. The fourth-order valence-electron chi connectivity index (χ4n) is 1.51. The van der Waals surface area contributed by atoms with Gasteiger partial charge in [-0.25, -0.2) is 9.97 Å². The van der Waals surface area contributed by atoms with Crippen molar-refractivity contribution in [2.24, 2.45) is 0 Å². The van der Waals surface area contributed by atoms with Crippen LogP contribution in [0.2, 0.25) is 0 Å². The van der Waals surface area contributed by atoms with Gasteiger partial charge >= 0.3 is 0 Å². The van der Waals surface area contributed by atoms with Gasteiger partial charge in [0.05, 0.1) is 6.10 Å². The molecule has 1 unspecified atom stereocenters. The highest BCUT2D eigenvalue weighted by Gasteiger charge is 2.09. The summed E-state index contributed by atoms with van der Waals surface area (Å²) in [6.07, 6.45) is 3.09. The van der Waals surface area contributed by atoms with E-state index >= 15 is 0 Å². The number of nitrogens with one attached hydrogen (secondary N) is 2. The summed E-state index contributed by atoms with van der Waals surface area (Å²) < 4.78 is 0. The second-order valence-corrected chi connectivity index (χ2v) is 3.78. The average molecular weight is 224 g/mol. The van der Waals surface area contributed by atoms with Gasteiger partial charge in [0.2, 0.25) is 0 Å². The fourth-order valence-corrected chi connectivity index (χ4v) is 1.51. The Morgan fingerprint density at radius 2 is 2.06 bits per heavy atom. The van der Waals surface area contributed by atoms with Crippen LogP contribution in [0, 0.1) is 0 Å². The van der Waals surface area contributed by atoms with Crippen molar-refractivity contribution in [1.29, 1.82) is 0 Å². The van der Waals surface area contributed by atoms with Gasteiger partial charge in [-0.3, -0.25) is 0 Å². The van der Waals surface area contributed by atoms with E-state index in [0.29, 0.717) is 6.54 Å². The molecule has 0 saturated heterocycles. The lowest BCUT2D eigenvalue weighted by Gasteiger charge is -2.14. The summed E-state index contributed by atoms with van der Waals surface area (Å²) in [5.41, 5.74) is 1.08. The van der Waals surface area contributed by atoms with E-state index in [1.54, 1.807) is 6.92 Å². The van der Waals surface area contributed by atoms with Gasteiger partial charge in [-0.1, -0.05) is 13.3 Å². The second kappa shape index (κ2) is 6.27. The van der Waals surface area contributed by atoms with E-state index in [4.69, 9.17) is 0 Å². The summed E-state index contributed by atoms with van der Waals surface area (Å²) in [4.78, 5) is 8.38. The Morgan fingerprint density at radius 1 is 1.38 bits per heavy atom. The maximum absolute atomic E-state index is 9.24. The summed E-state index contributed by atoms with van der Waals surface area (Å²) in [7, 11) is 1.85. The van der Waals surface area contributed by atoms with Crippen LogP contribution in [0.5, 0.6) is 0 Å². The van der Waals surface area contributed by atoms with Crippen LogP contribution in [0.4, 0.5) is 11.6 Å². The van der Waals surface area contributed by atoms with Crippen molar-refractivity contribution < 1.29 is 5.11 Å². The van der Waals surface area contributed by atoms with Gasteiger partial charge in [0.1, 0.15) is 18.0 Å². The third-order valence-electron chi connectivity index (χ3n) is 2.25. The normalized spacial score (nSPS) is 12.2. The molecule has 5 nitrogen and oxygen atoms in total. The third-order valence-corrected chi connectivity index (χ3v) is 2.25. The van der Waals surface area contributed by atoms with Crippen LogP contribution in [0.3, 0.4) is 0 Å². The smallest absolute Gasteiger partial charge is 0.134 e. The maximum Gasteiger partial charge on any atom is 0.134 e. The highest BCUT2D eigenvalue weighted by molar-refractivity contribution is 5.57. The summed E-state index contributed by atoms with van der Waals surface area (Å²) in [6.45, 7) is 4.36. The summed E-state index contributed by atoms with van der Waals surface area (Å²) >= 11 is 0. The second-order valence-electron chi connectivity index (χ2n) is 3.78. The molecule has 0 fully saturated rings. The fraction of sp³-hybridized carbons (Fsp3) is 0.636. The monoisotopic (exact) mass is 224 g/mol. The van der Waals surface area contributed by atoms with Crippen LogP contribution in [-0.4, -0.2) is 34.8 Å². The molecule has 0 bridgehead atoms. The minimum absolute atomic E-state index is 0.387. The third kappa shape index (κ3) is 3.34. The van der Waals surface area contributed by atoms with Gasteiger partial charge in [0.15, 0.2) is 0 Å². The Morgan fingerprint density at radius 3 is 2.62 bits per heavy atom. The number of anilines is 2. The van der Waals surface area contributed by atoms with E-state index < -0.39 is 0 Å². The number of aliphatic hydroxyl groups is 1. The molecular weight excluding hydrogens is 204 g/mol. The highest BCUT2D eigenvalue weighted by Crippen LogP contribution is 2.20.